The van der Waals surface area contributed by atoms with Crippen molar-refractivity contribution in [2.24, 2.45) is 0 Å². The number of rotatable bonds is 5. The monoisotopic (exact) mass is 438 g/mol. The van der Waals surface area contributed by atoms with Gasteiger partial charge in [0, 0.05) is 25.7 Å². The molecule has 166 valence electrons. The van der Waals surface area contributed by atoms with E-state index in [9.17, 15) is 18.0 Å². The average Bonchev–Trinajstić information content (AvgIpc) is 2.72. The summed E-state index contributed by atoms with van der Waals surface area (Å²) in [6.07, 6.45) is 2.60. The Hall–Kier alpha value is -1.97. The number of amides is 1. The lowest BCUT2D eigenvalue weighted by molar-refractivity contribution is -0.141. The van der Waals surface area contributed by atoms with E-state index in [-0.39, 0.29) is 35.1 Å². The minimum Gasteiger partial charge on any atom is -0.452 e. The third-order valence-electron chi connectivity index (χ3n) is 5.70. The number of carbonyl (C=O) groups is 2. The Bertz CT molecular complexity index is 901. The van der Waals surface area contributed by atoms with Crippen molar-refractivity contribution in [1.82, 2.24) is 9.21 Å². The van der Waals surface area contributed by atoms with Crippen molar-refractivity contribution in [3.8, 4) is 0 Å². The molecule has 2 heterocycles. The molecule has 2 atom stereocenters. The smallest absolute Gasteiger partial charge is 0.338 e. The summed E-state index contributed by atoms with van der Waals surface area (Å²) in [5.41, 5.74) is 0.752. The molecule has 1 aromatic carbocycles. The standard InChI is InChI=1S/C21H30N2O6S/c1-15-7-8-18(30(26,27)23-9-5-4-6-16(23)2)12-19(15)21(25)29-14-20(24)22-10-11-28-17(3)13-22/h7-8,12,16-17H,4-6,9-11,13-14H2,1-3H3. The summed E-state index contributed by atoms with van der Waals surface area (Å²) in [4.78, 5) is 26.6. The highest BCUT2D eigenvalue weighted by atomic mass is 32.2. The molecule has 2 aliphatic heterocycles. The highest BCUT2D eigenvalue weighted by Crippen LogP contribution is 2.26. The largest absolute Gasteiger partial charge is 0.452 e. The number of morpholine rings is 1. The molecule has 1 amide bonds. The summed E-state index contributed by atoms with van der Waals surface area (Å²) in [6, 6.07) is 4.40. The lowest BCUT2D eigenvalue weighted by Gasteiger charge is -2.32. The third-order valence-corrected chi connectivity index (χ3v) is 7.71. The number of sulfonamides is 1. The van der Waals surface area contributed by atoms with Gasteiger partial charge in [-0.25, -0.2) is 13.2 Å². The first-order chi connectivity index (χ1) is 14.2. The summed E-state index contributed by atoms with van der Waals surface area (Å²) in [5, 5.41) is 0. The Labute approximate surface area is 178 Å². The normalized spacial score (nSPS) is 23.2. The maximum absolute atomic E-state index is 13.1. The van der Waals surface area contributed by atoms with Crippen LogP contribution in [0.3, 0.4) is 0 Å². The van der Waals surface area contributed by atoms with E-state index in [1.807, 2.05) is 13.8 Å². The molecule has 0 aliphatic carbocycles. The zero-order valence-corrected chi connectivity index (χ0v) is 18.6. The number of esters is 1. The molecule has 0 spiro atoms. The molecule has 9 heteroatoms. The third kappa shape index (κ3) is 5.01. The van der Waals surface area contributed by atoms with E-state index in [1.54, 1.807) is 17.9 Å². The molecule has 0 saturated carbocycles. The lowest BCUT2D eigenvalue weighted by Crippen LogP contribution is -2.46. The van der Waals surface area contributed by atoms with Gasteiger partial charge in [-0.15, -0.1) is 0 Å². The van der Waals surface area contributed by atoms with E-state index in [0.29, 0.717) is 31.8 Å². The number of hydrogen-bond acceptors (Lipinski definition) is 6. The van der Waals surface area contributed by atoms with Crippen LogP contribution in [0.5, 0.6) is 0 Å². The maximum atomic E-state index is 13.1. The number of hydrogen-bond donors (Lipinski definition) is 0. The SMILES string of the molecule is Cc1ccc(S(=O)(=O)N2CCCCC2C)cc1C(=O)OCC(=O)N1CCOC(C)C1. The second-order valence-electron chi connectivity index (χ2n) is 8.03. The van der Waals surface area contributed by atoms with Gasteiger partial charge in [0.2, 0.25) is 10.0 Å². The van der Waals surface area contributed by atoms with Gasteiger partial charge in [0.1, 0.15) is 0 Å². The molecule has 0 bridgehead atoms. The number of carbonyl (C=O) groups excluding carboxylic acids is 2. The van der Waals surface area contributed by atoms with Crippen molar-refractivity contribution in [2.45, 2.75) is 57.1 Å². The van der Waals surface area contributed by atoms with Crippen molar-refractivity contribution in [2.75, 3.05) is 32.8 Å². The van der Waals surface area contributed by atoms with Gasteiger partial charge < -0.3 is 14.4 Å². The second kappa shape index (κ2) is 9.45. The first-order valence-corrected chi connectivity index (χ1v) is 11.8. The van der Waals surface area contributed by atoms with Crippen molar-refractivity contribution < 1.29 is 27.5 Å². The van der Waals surface area contributed by atoms with Gasteiger partial charge in [-0.3, -0.25) is 4.79 Å². The van der Waals surface area contributed by atoms with Crippen LogP contribution in [0.1, 0.15) is 49.0 Å². The molecule has 3 rings (SSSR count). The van der Waals surface area contributed by atoms with Gasteiger partial charge >= 0.3 is 5.97 Å². The van der Waals surface area contributed by atoms with Crippen LogP contribution in [-0.2, 0) is 24.3 Å². The van der Waals surface area contributed by atoms with E-state index in [2.05, 4.69) is 0 Å². The Morgan fingerprint density at radius 1 is 1.20 bits per heavy atom. The van der Waals surface area contributed by atoms with Crippen LogP contribution in [0.4, 0.5) is 0 Å². The number of nitrogens with zero attached hydrogens (tertiary/aromatic N) is 2. The van der Waals surface area contributed by atoms with E-state index in [4.69, 9.17) is 9.47 Å². The van der Waals surface area contributed by atoms with Crippen LogP contribution in [-0.4, -0.2) is 74.5 Å². The van der Waals surface area contributed by atoms with E-state index >= 15 is 0 Å². The second-order valence-corrected chi connectivity index (χ2v) is 9.93. The fraction of sp³-hybridized carbons (Fsp3) is 0.619. The lowest BCUT2D eigenvalue weighted by atomic mass is 10.1. The first kappa shape index (κ1) is 22.7. The highest BCUT2D eigenvalue weighted by molar-refractivity contribution is 7.89. The molecule has 30 heavy (non-hydrogen) atoms. The summed E-state index contributed by atoms with van der Waals surface area (Å²) in [6.45, 7) is 6.95. The predicted molar refractivity (Wildman–Crippen MR) is 111 cm³/mol. The molecule has 2 fully saturated rings. The number of benzene rings is 1. The summed E-state index contributed by atoms with van der Waals surface area (Å²) >= 11 is 0. The molecular formula is C21H30N2O6S. The molecule has 2 unspecified atom stereocenters. The van der Waals surface area contributed by atoms with Crippen molar-refractivity contribution in [3.05, 3.63) is 29.3 Å². The van der Waals surface area contributed by atoms with Crippen LogP contribution >= 0.6 is 0 Å². The predicted octanol–water partition coefficient (Wildman–Crippen LogP) is 1.96. The van der Waals surface area contributed by atoms with Crippen molar-refractivity contribution in [1.29, 1.82) is 0 Å². The fourth-order valence-electron chi connectivity index (χ4n) is 3.89. The fourth-order valence-corrected chi connectivity index (χ4v) is 5.61. The van der Waals surface area contributed by atoms with Crippen LogP contribution in [0.25, 0.3) is 0 Å². The topological polar surface area (TPSA) is 93.2 Å². The van der Waals surface area contributed by atoms with Gasteiger partial charge in [-0.05, 0) is 51.3 Å². The Kier molecular flexibility index (Phi) is 7.15. The van der Waals surface area contributed by atoms with E-state index in [1.165, 1.54) is 16.4 Å². The van der Waals surface area contributed by atoms with Crippen molar-refractivity contribution >= 4 is 21.9 Å². The van der Waals surface area contributed by atoms with E-state index in [0.717, 1.165) is 19.3 Å². The zero-order chi connectivity index (χ0) is 21.9. The molecule has 8 nitrogen and oxygen atoms in total. The quantitative estimate of drug-likeness (QED) is 0.653. The molecule has 2 saturated heterocycles. The number of aryl methyl sites for hydroxylation is 1. The summed E-state index contributed by atoms with van der Waals surface area (Å²) < 4.78 is 38.3. The van der Waals surface area contributed by atoms with Crippen LogP contribution in [0.15, 0.2) is 23.1 Å². The van der Waals surface area contributed by atoms with Crippen molar-refractivity contribution in [3.63, 3.8) is 0 Å². The van der Waals surface area contributed by atoms with Crippen LogP contribution in [0.2, 0.25) is 0 Å². The van der Waals surface area contributed by atoms with Gasteiger partial charge in [0.25, 0.3) is 5.91 Å². The summed E-state index contributed by atoms with van der Waals surface area (Å²) in [7, 11) is -3.70. The minimum absolute atomic E-state index is 0.0558. The van der Waals surface area contributed by atoms with Gasteiger partial charge in [0.05, 0.1) is 23.2 Å². The molecule has 0 radical (unpaired) electrons. The molecule has 1 aromatic rings. The van der Waals surface area contributed by atoms with E-state index < -0.39 is 16.0 Å². The molecule has 2 aliphatic rings. The average molecular weight is 439 g/mol. The Morgan fingerprint density at radius 2 is 1.97 bits per heavy atom. The van der Waals surface area contributed by atoms with Crippen LogP contribution < -0.4 is 0 Å². The van der Waals surface area contributed by atoms with Gasteiger partial charge in [-0.2, -0.15) is 4.31 Å². The minimum atomic E-state index is -3.70. The van der Waals surface area contributed by atoms with Crippen LogP contribution in [0, 0.1) is 6.92 Å². The number of piperidine rings is 1. The molecular weight excluding hydrogens is 408 g/mol. The molecule has 0 N–H and O–H groups in total. The first-order valence-electron chi connectivity index (χ1n) is 10.4. The zero-order valence-electron chi connectivity index (χ0n) is 17.8. The Balaban J connectivity index is 1.71. The maximum Gasteiger partial charge on any atom is 0.338 e. The molecule has 0 aromatic heterocycles. The Morgan fingerprint density at radius 3 is 2.67 bits per heavy atom. The summed E-state index contributed by atoms with van der Waals surface area (Å²) in [5.74, 6) is -0.993. The number of ether oxygens (including phenoxy) is 2. The highest BCUT2D eigenvalue weighted by Gasteiger charge is 2.32. The van der Waals surface area contributed by atoms with Gasteiger partial charge in [0.15, 0.2) is 6.61 Å². The van der Waals surface area contributed by atoms with Gasteiger partial charge in [-0.1, -0.05) is 12.5 Å².